The number of ether oxygens (including phenoxy) is 1. The van der Waals surface area contributed by atoms with Crippen LogP contribution in [0.2, 0.25) is 0 Å². The van der Waals surface area contributed by atoms with Gasteiger partial charge < -0.3 is 15.4 Å². The number of amides is 2. The van der Waals surface area contributed by atoms with Gasteiger partial charge in [-0.15, -0.1) is 11.8 Å². The highest BCUT2D eigenvalue weighted by atomic mass is 79.9. The van der Waals surface area contributed by atoms with E-state index in [0.29, 0.717) is 22.9 Å². The zero-order chi connectivity index (χ0) is 18.8. The lowest BCUT2D eigenvalue weighted by Gasteiger charge is -2.23. The van der Waals surface area contributed by atoms with Crippen molar-refractivity contribution in [3.63, 3.8) is 0 Å². The summed E-state index contributed by atoms with van der Waals surface area (Å²) >= 11 is 5.01. The molecule has 0 fully saturated rings. The van der Waals surface area contributed by atoms with Gasteiger partial charge in [-0.2, -0.15) is 0 Å². The van der Waals surface area contributed by atoms with E-state index < -0.39 is 6.10 Å². The van der Waals surface area contributed by atoms with Crippen LogP contribution < -0.4 is 15.4 Å². The highest BCUT2D eigenvalue weighted by molar-refractivity contribution is 9.10. The smallest absolute Gasteiger partial charge is 0.265 e. The van der Waals surface area contributed by atoms with E-state index in [-0.39, 0.29) is 11.8 Å². The monoisotopic (exact) mass is 434 g/mol. The Kier molecular flexibility index (Phi) is 5.58. The van der Waals surface area contributed by atoms with E-state index >= 15 is 0 Å². The number of benzene rings is 2. The zero-order valence-electron chi connectivity index (χ0n) is 14.7. The number of anilines is 2. The molecule has 0 radical (unpaired) electrons. The van der Waals surface area contributed by atoms with Gasteiger partial charge in [0.1, 0.15) is 5.75 Å². The summed E-state index contributed by atoms with van der Waals surface area (Å²) in [5.74, 6) is 0.605. The highest BCUT2D eigenvalue weighted by Crippen LogP contribution is 2.32. The Labute approximate surface area is 165 Å². The third-order valence-corrected chi connectivity index (χ3v) is 6.02. The van der Waals surface area contributed by atoms with Gasteiger partial charge in [-0.3, -0.25) is 9.59 Å². The summed E-state index contributed by atoms with van der Waals surface area (Å²) in [6.07, 6.45) is -0.517. The molecular formula is C19H19BrN2O3S. The predicted molar refractivity (Wildman–Crippen MR) is 108 cm³/mol. The topological polar surface area (TPSA) is 67.4 Å². The van der Waals surface area contributed by atoms with Crippen LogP contribution in [0.3, 0.4) is 0 Å². The fourth-order valence-electron chi connectivity index (χ4n) is 2.54. The summed E-state index contributed by atoms with van der Waals surface area (Å²) in [4.78, 5) is 25.1. The molecule has 7 heteroatoms. The van der Waals surface area contributed by atoms with E-state index in [4.69, 9.17) is 4.74 Å². The van der Waals surface area contributed by atoms with Gasteiger partial charge >= 0.3 is 0 Å². The number of aryl methyl sites for hydroxylation is 2. The maximum absolute atomic E-state index is 12.3. The molecule has 0 saturated heterocycles. The minimum atomic E-state index is -0.517. The molecule has 1 unspecified atom stereocenters. The first kappa shape index (κ1) is 18.8. The Balaban J connectivity index is 1.63. The largest absolute Gasteiger partial charge is 0.479 e. The van der Waals surface area contributed by atoms with Crippen LogP contribution in [0, 0.1) is 13.8 Å². The van der Waals surface area contributed by atoms with Crippen LogP contribution >= 0.6 is 27.7 Å². The molecule has 0 bridgehead atoms. The van der Waals surface area contributed by atoms with Crippen LogP contribution in [-0.2, 0) is 9.59 Å². The van der Waals surface area contributed by atoms with Crippen LogP contribution in [0.5, 0.6) is 5.75 Å². The number of thioether (sulfide) groups is 1. The fraction of sp³-hybridized carbons (Fsp3) is 0.263. The fourth-order valence-corrected chi connectivity index (χ4v) is 3.90. The van der Waals surface area contributed by atoms with Gasteiger partial charge in [0.25, 0.3) is 5.91 Å². The minimum Gasteiger partial charge on any atom is -0.479 e. The molecule has 3 rings (SSSR count). The SMILES string of the molecule is Cc1cc(SCC(=O)Nc2ccc3c(c2)NC(=O)C(C)O3)c(C)cc1Br. The van der Waals surface area contributed by atoms with Crippen LogP contribution in [0.25, 0.3) is 0 Å². The third kappa shape index (κ3) is 4.22. The van der Waals surface area contributed by atoms with E-state index in [1.165, 1.54) is 11.8 Å². The van der Waals surface area contributed by atoms with Crippen LogP contribution in [-0.4, -0.2) is 23.7 Å². The number of hydrogen-bond acceptors (Lipinski definition) is 4. The molecule has 0 aliphatic carbocycles. The lowest BCUT2D eigenvalue weighted by molar-refractivity contribution is -0.122. The summed E-state index contributed by atoms with van der Waals surface area (Å²) in [6, 6.07) is 9.35. The maximum Gasteiger partial charge on any atom is 0.265 e. The van der Waals surface area contributed by atoms with Crippen molar-refractivity contribution in [1.29, 1.82) is 0 Å². The summed E-state index contributed by atoms with van der Waals surface area (Å²) in [5, 5.41) is 5.63. The molecule has 2 amide bonds. The molecule has 2 N–H and O–H groups in total. The van der Waals surface area contributed by atoms with Gasteiger partial charge in [-0.1, -0.05) is 15.9 Å². The second kappa shape index (κ2) is 7.72. The Hall–Kier alpha value is -1.99. The number of hydrogen-bond donors (Lipinski definition) is 2. The Morgan fingerprint density at radius 2 is 2.04 bits per heavy atom. The molecule has 5 nitrogen and oxygen atoms in total. The van der Waals surface area contributed by atoms with E-state index in [2.05, 4.69) is 38.7 Å². The Morgan fingerprint density at radius 1 is 1.27 bits per heavy atom. The van der Waals surface area contributed by atoms with Gasteiger partial charge in [0.15, 0.2) is 6.10 Å². The Morgan fingerprint density at radius 3 is 2.81 bits per heavy atom. The van der Waals surface area contributed by atoms with E-state index in [1.54, 1.807) is 25.1 Å². The van der Waals surface area contributed by atoms with Crippen molar-refractivity contribution in [2.24, 2.45) is 0 Å². The van der Waals surface area contributed by atoms with Crippen molar-refractivity contribution in [1.82, 2.24) is 0 Å². The molecule has 2 aromatic carbocycles. The summed E-state index contributed by atoms with van der Waals surface area (Å²) in [5.41, 5.74) is 3.45. The van der Waals surface area contributed by atoms with E-state index in [0.717, 1.165) is 20.5 Å². The molecule has 0 spiro atoms. The van der Waals surface area contributed by atoms with Crippen molar-refractivity contribution in [2.45, 2.75) is 31.8 Å². The van der Waals surface area contributed by atoms with Gasteiger partial charge in [0, 0.05) is 15.1 Å². The van der Waals surface area contributed by atoms with Gasteiger partial charge in [-0.05, 0) is 62.2 Å². The first-order valence-corrected chi connectivity index (χ1v) is 9.92. The minimum absolute atomic E-state index is 0.105. The maximum atomic E-state index is 12.3. The van der Waals surface area contributed by atoms with E-state index in [1.807, 2.05) is 13.8 Å². The molecular weight excluding hydrogens is 416 g/mol. The number of halogens is 1. The average Bonchev–Trinajstić information content (AvgIpc) is 2.58. The number of fused-ring (bicyclic) bond motifs is 1. The number of rotatable bonds is 4. The van der Waals surface area contributed by atoms with E-state index in [9.17, 15) is 9.59 Å². The summed E-state index contributed by atoms with van der Waals surface area (Å²) in [7, 11) is 0. The van der Waals surface area contributed by atoms with Crippen LogP contribution in [0.4, 0.5) is 11.4 Å². The van der Waals surface area contributed by atoms with Crippen molar-refractivity contribution in [3.05, 3.63) is 45.9 Å². The number of nitrogens with one attached hydrogen (secondary N) is 2. The second-order valence-corrected chi connectivity index (χ2v) is 8.04. The molecule has 0 saturated carbocycles. The molecule has 2 aromatic rings. The third-order valence-electron chi connectivity index (χ3n) is 4.01. The second-order valence-electron chi connectivity index (χ2n) is 6.16. The normalized spacial score (nSPS) is 15.7. The molecule has 0 aromatic heterocycles. The lowest BCUT2D eigenvalue weighted by atomic mass is 10.2. The highest BCUT2D eigenvalue weighted by Gasteiger charge is 2.23. The summed E-state index contributed by atoms with van der Waals surface area (Å²) < 4.78 is 6.58. The van der Waals surface area contributed by atoms with Gasteiger partial charge in [-0.25, -0.2) is 0 Å². The molecule has 26 heavy (non-hydrogen) atoms. The zero-order valence-corrected chi connectivity index (χ0v) is 17.1. The van der Waals surface area contributed by atoms with Crippen molar-refractivity contribution in [3.8, 4) is 5.75 Å². The van der Waals surface area contributed by atoms with Gasteiger partial charge in [0.05, 0.1) is 11.4 Å². The van der Waals surface area contributed by atoms with Crippen molar-refractivity contribution < 1.29 is 14.3 Å². The van der Waals surface area contributed by atoms with Crippen LogP contribution in [0.1, 0.15) is 18.1 Å². The molecule has 1 aliphatic rings. The average molecular weight is 435 g/mol. The molecule has 1 heterocycles. The first-order chi connectivity index (χ1) is 12.3. The summed E-state index contributed by atoms with van der Waals surface area (Å²) in [6.45, 7) is 5.74. The molecule has 136 valence electrons. The van der Waals surface area contributed by atoms with Crippen molar-refractivity contribution in [2.75, 3.05) is 16.4 Å². The number of carbonyl (C=O) groups excluding carboxylic acids is 2. The van der Waals surface area contributed by atoms with Gasteiger partial charge in [0.2, 0.25) is 5.91 Å². The predicted octanol–water partition coefficient (Wildman–Crippen LogP) is 4.52. The first-order valence-electron chi connectivity index (χ1n) is 8.14. The molecule has 1 aliphatic heterocycles. The number of carbonyl (C=O) groups is 2. The standard InChI is InChI=1S/C19H19BrN2O3S/c1-10-7-17(11(2)6-14(10)20)26-9-18(23)21-13-4-5-16-15(8-13)22-19(24)12(3)25-16/h4-8,12H,9H2,1-3H3,(H,21,23)(H,22,24). The van der Waals surface area contributed by atoms with Crippen LogP contribution in [0.15, 0.2) is 39.7 Å². The quantitative estimate of drug-likeness (QED) is 0.694. The van der Waals surface area contributed by atoms with Crippen molar-refractivity contribution >= 4 is 50.9 Å². The Bertz CT molecular complexity index is 885. The molecule has 1 atom stereocenters. The lowest BCUT2D eigenvalue weighted by Crippen LogP contribution is -2.34.